The second-order valence-corrected chi connectivity index (χ2v) is 8.16. The van der Waals surface area contributed by atoms with Crippen LogP contribution in [0, 0.1) is 12.8 Å². The lowest BCUT2D eigenvalue weighted by Crippen LogP contribution is -2.38. The smallest absolute Gasteiger partial charge is 0.252 e. The molecule has 4 nitrogen and oxygen atoms in total. The zero-order valence-corrected chi connectivity index (χ0v) is 12.6. The highest BCUT2D eigenvalue weighted by Gasteiger charge is 2.44. The molecule has 18 heavy (non-hydrogen) atoms. The Balaban J connectivity index is 0.00000120. The molecule has 102 valence electrons. The molecule has 0 spiro atoms. The van der Waals surface area contributed by atoms with Crippen molar-refractivity contribution in [2.24, 2.45) is 5.92 Å². The van der Waals surface area contributed by atoms with Crippen LogP contribution in [0.3, 0.4) is 0 Å². The molecule has 0 aromatic carbocycles. The van der Waals surface area contributed by atoms with E-state index < -0.39 is 10.0 Å². The maximum absolute atomic E-state index is 12.5. The van der Waals surface area contributed by atoms with Gasteiger partial charge < -0.3 is 5.32 Å². The Morgan fingerprint density at radius 2 is 2.17 bits per heavy atom. The molecule has 0 unspecified atom stereocenters. The SMILES string of the molecule is Cc1ccc(S(=O)(=O)N2CC[C@H]3CNC[C@H]32)s1.Cl. The second kappa shape index (κ2) is 5.09. The lowest BCUT2D eigenvalue weighted by Gasteiger charge is -2.21. The van der Waals surface area contributed by atoms with Gasteiger partial charge in [-0.25, -0.2) is 8.42 Å². The van der Waals surface area contributed by atoms with E-state index in [2.05, 4.69) is 5.32 Å². The molecule has 0 aliphatic carbocycles. The highest BCUT2D eigenvalue weighted by molar-refractivity contribution is 7.91. The predicted molar refractivity (Wildman–Crippen MR) is 75.0 cm³/mol. The third-order valence-corrected chi connectivity index (χ3v) is 7.07. The molecule has 7 heteroatoms. The average Bonchev–Trinajstić information content (AvgIpc) is 2.89. The van der Waals surface area contributed by atoms with Crippen LogP contribution in [0.15, 0.2) is 16.3 Å². The first-order valence-electron chi connectivity index (χ1n) is 5.88. The fourth-order valence-corrected chi connectivity index (χ4v) is 5.89. The summed E-state index contributed by atoms with van der Waals surface area (Å²) in [7, 11) is -3.26. The number of rotatable bonds is 2. The molecule has 1 aromatic heterocycles. The van der Waals surface area contributed by atoms with Crippen molar-refractivity contribution in [3.05, 3.63) is 17.0 Å². The third-order valence-electron chi connectivity index (χ3n) is 3.67. The first-order chi connectivity index (χ1) is 8.09. The molecule has 0 bridgehead atoms. The number of hydrogen-bond donors (Lipinski definition) is 1. The largest absolute Gasteiger partial charge is 0.315 e. The first-order valence-corrected chi connectivity index (χ1v) is 8.14. The van der Waals surface area contributed by atoms with Crippen LogP contribution in [0.2, 0.25) is 0 Å². The highest BCUT2D eigenvalue weighted by atomic mass is 35.5. The summed E-state index contributed by atoms with van der Waals surface area (Å²) in [5.41, 5.74) is 0. The molecule has 0 amide bonds. The van der Waals surface area contributed by atoms with E-state index in [1.807, 2.05) is 13.0 Å². The van der Waals surface area contributed by atoms with E-state index in [9.17, 15) is 8.42 Å². The van der Waals surface area contributed by atoms with Crippen molar-refractivity contribution in [2.45, 2.75) is 23.6 Å². The number of sulfonamides is 1. The number of nitrogens with one attached hydrogen (secondary N) is 1. The molecule has 3 rings (SSSR count). The topological polar surface area (TPSA) is 49.4 Å². The van der Waals surface area contributed by atoms with Gasteiger partial charge in [0.25, 0.3) is 10.0 Å². The molecule has 2 atom stereocenters. The van der Waals surface area contributed by atoms with Gasteiger partial charge in [0.05, 0.1) is 0 Å². The molecule has 2 aliphatic rings. The quantitative estimate of drug-likeness (QED) is 0.900. The molecular formula is C11H17ClN2O2S2. The Labute approximate surface area is 118 Å². The summed E-state index contributed by atoms with van der Waals surface area (Å²) in [6.45, 7) is 4.37. The van der Waals surface area contributed by atoms with E-state index in [0.29, 0.717) is 16.7 Å². The van der Waals surface area contributed by atoms with Gasteiger partial charge in [0.2, 0.25) is 0 Å². The van der Waals surface area contributed by atoms with Crippen LogP contribution in [-0.2, 0) is 10.0 Å². The van der Waals surface area contributed by atoms with E-state index in [-0.39, 0.29) is 18.4 Å². The summed E-state index contributed by atoms with van der Waals surface area (Å²) >= 11 is 1.37. The Bertz CT molecular complexity index is 529. The Kier molecular flexibility index (Phi) is 4.04. The van der Waals surface area contributed by atoms with Crippen molar-refractivity contribution >= 4 is 33.8 Å². The van der Waals surface area contributed by atoms with Gasteiger partial charge in [-0.3, -0.25) is 0 Å². The molecule has 2 aliphatic heterocycles. The molecule has 2 fully saturated rings. The van der Waals surface area contributed by atoms with E-state index in [0.717, 1.165) is 24.4 Å². The predicted octanol–water partition coefficient (Wildman–Crippen LogP) is 1.46. The molecule has 1 aromatic rings. The fourth-order valence-electron chi connectivity index (χ4n) is 2.77. The Hall–Kier alpha value is -0.140. The van der Waals surface area contributed by atoms with Crippen molar-refractivity contribution < 1.29 is 8.42 Å². The second-order valence-electron chi connectivity index (χ2n) is 4.76. The summed E-state index contributed by atoms with van der Waals surface area (Å²) < 4.78 is 27.2. The van der Waals surface area contributed by atoms with Crippen LogP contribution in [0.4, 0.5) is 0 Å². The van der Waals surface area contributed by atoms with Gasteiger partial charge in [0.1, 0.15) is 4.21 Å². The molecule has 0 radical (unpaired) electrons. The Morgan fingerprint density at radius 1 is 1.39 bits per heavy atom. The minimum absolute atomic E-state index is 0. The number of nitrogens with zero attached hydrogens (tertiary/aromatic N) is 1. The van der Waals surface area contributed by atoms with E-state index >= 15 is 0 Å². The highest BCUT2D eigenvalue weighted by Crippen LogP contribution is 2.34. The fraction of sp³-hybridized carbons (Fsp3) is 0.636. The standard InChI is InChI=1S/C11H16N2O2S2.ClH/c1-8-2-3-11(16-8)17(14,15)13-5-4-9-6-12-7-10(9)13;/h2-3,9-10,12H,4-7H2,1H3;1H/t9-,10+;/m0./s1. The molecule has 3 heterocycles. The van der Waals surface area contributed by atoms with Crippen molar-refractivity contribution in [1.82, 2.24) is 9.62 Å². The van der Waals surface area contributed by atoms with Crippen molar-refractivity contribution in [3.63, 3.8) is 0 Å². The summed E-state index contributed by atoms with van der Waals surface area (Å²) in [6.07, 6.45) is 0.987. The molecule has 2 saturated heterocycles. The zero-order valence-electron chi connectivity index (χ0n) is 10.1. The van der Waals surface area contributed by atoms with Gasteiger partial charge in [-0.2, -0.15) is 4.31 Å². The van der Waals surface area contributed by atoms with Crippen LogP contribution < -0.4 is 5.32 Å². The number of thiophene rings is 1. The summed E-state index contributed by atoms with van der Waals surface area (Å²) in [5.74, 6) is 0.505. The van der Waals surface area contributed by atoms with Gasteiger partial charge >= 0.3 is 0 Å². The average molecular weight is 309 g/mol. The maximum Gasteiger partial charge on any atom is 0.252 e. The monoisotopic (exact) mass is 308 g/mol. The molecule has 1 N–H and O–H groups in total. The van der Waals surface area contributed by atoms with Gasteiger partial charge in [0, 0.05) is 24.0 Å². The van der Waals surface area contributed by atoms with Crippen LogP contribution in [0.5, 0.6) is 0 Å². The molecular weight excluding hydrogens is 292 g/mol. The van der Waals surface area contributed by atoms with Crippen LogP contribution in [0.25, 0.3) is 0 Å². The zero-order chi connectivity index (χ0) is 12.0. The number of aryl methyl sites for hydroxylation is 1. The van der Waals surface area contributed by atoms with E-state index in [1.54, 1.807) is 10.4 Å². The Morgan fingerprint density at radius 3 is 2.83 bits per heavy atom. The molecule has 0 saturated carbocycles. The van der Waals surface area contributed by atoms with Gasteiger partial charge in [-0.1, -0.05) is 0 Å². The van der Waals surface area contributed by atoms with Gasteiger partial charge in [-0.05, 0) is 37.9 Å². The van der Waals surface area contributed by atoms with E-state index in [4.69, 9.17) is 0 Å². The van der Waals surface area contributed by atoms with E-state index in [1.165, 1.54) is 11.3 Å². The lowest BCUT2D eigenvalue weighted by atomic mass is 10.1. The third kappa shape index (κ3) is 2.20. The van der Waals surface area contributed by atoms with Gasteiger partial charge in [0.15, 0.2) is 0 Å². The minimum Gasteiger partial charge on any atom is -0.315 e. The lowest BCUT2D eigenvalue weighted by molar-refractivity contribution is 0.384. The summed E-state index contributed by atoms with van der Waals surface area (Å²) in [4.78, 5) is 1.05. The number of hydrogen-bond acceptors (Lipinski definition) is 4. The number of halogens is 1. The van der Waals surface area contributed by atoms with Crippen LogP contribution in [-0.4, -0.2) is 38.4 Å². The van der Waals surface area contributed by atoms with Gasteiger partial charge in [-0.15, -0.1) is 23.7 Å². The van der Waals surface area contributed by atoms with Crippen LogP contribution >= 0.6 is 23.7 Å². The van der Waals surface area contributed by atoms with Crippen molar-refractivity contribution in [1.29, 1.82) is 0 Å². The van der Waals surface area contributed by atoms with Crippen molar-refractivity contribution in [2.75, 3.05) is 19.6 Å². The maximum atomic E-state index is 12.5. The van der Waals surface area contributed by atoms with Crippen molar-refractivity contribution in [3.8, 4) is 0 Å². The summed E-state index contributed by atoms with van der Waals surface area (Å²) in [6, 6.07) is 3.77. The normalized spacial score (nSPS) is 28.1. The first kappa shape index (κ1) is 14.3. The number of fused-ring (bicyclic) bond motifs is 1. The van der Waals surface area contributed by atoms with Crippen LogP contribution in [0.1, 0.15) is 11.3 Å². The minimum atomic E-state index is -3.26. The summed E-state index contributed by atoms with van der Waals surface area (Å²) in [5, 5.41) is 3.28.